The Hall–Kier alpha value is -4.05. The largest absolute Gasteiger partial charge is 0.497 e. The van der Waals surface area contributed by atoms with Crippen molar-refractivity contribution in [2.45, 2.75) is 64.4 Å². The Morgan fingerprint density at radius 2 is 1.51 bits per heavy atom. The summed E-state index contributed by atoms with van der Waals surface area (Å²) in [5.74, 6) is 0.475. The number of hydrogen-bond donors (Lipinski definition) is 1. The molecule has 1 atom stereocenters. The summed E-state index contributed by atoms with van der Waals surface area (Å²) in [6.45, 7) is 8.18. The van der Waals surface area contributed by atoms with Gasteiger partial charge in [-0.1, -0.05) is 50.1 Å². The normalized spacial score (nSPS) is 11.8. The van der Waals surface area contributed by atoms with E-state index in [-0.39, 0.29) is 17.3 Å². The Kier molecular flexibility index (Phi) is 12.4. The third-order valence-corrected chi connectivity index (χ3v) is 8.84. The summed E-state index contributed by atoms with van der Waals surface area (Å²) >= 11 is 0. The summed E-state index contributed by atoms with van der Waals surface area (Å²) in [5, 5.41) is 2.94. The molecule has 0 aliphatic carbocycles. The van der Waals surface area contributed by atoms with Crippen LogP contribution in [-0.2, 0) is 26.2 Å². The van der Waals surface area contributed by atoms with E-state index < -0.39 is 28.5 Å². The average molecular weight is 610 g/mol. The Bertz CT molecular complexity index is 1420. The Morgan fingerprint density at radius 3 is 2.07 bits per heavy atom. The lowest BCUT2D eigenvalue weighted by Gasteiger charge is -2.33. The number of anilines is 1. The van der Waals surface area contributed by atoms with Crippen molar-refractivity contribution in [3.05, 3.63) is 83.9 Å². The lowest BCUT2D eigenvalue weighted by atomic mass is 10.1. The highest BCUT2D eigenvalue weighted by atomic mass is 32.2. The number of methoxy groups -OCH3 is 1. The molecule has 0 aliphatic rings. The van der Waals surface area contributed by atoms with Crippen LogP contribution in [0.4, 0.5) is 5.69 Å². The third kappa shape index (κ3) is 8.97. The molecule has 43 heavy (non-hydrogen) atoms. The molecule has 0 spiro atoms. The maximum absolute atomic E-state index is 14.2. The number of ether oxygens (including phenoxy) is 2. The third-order valence-electron chi connectivity index (χ3n) is 7.05. The molecule has 0 saturated heterocycles. The zero-order valence-electron chi connectivity index (χ0n) is 25.7. The standard InChI is InChI=1S/C33H43N3O6S/c1-6-9-22-34-33(38)31(7-2)35(23-26-12-16-28(41-5)17-13-26)32(37)24-36(27-14-18-29(19-15-27)42-8-3)43(39,40)30-20-10-25(4)11-21-30/h10-21,31H,6-9,22-24H2,1-5H3,(H,34,38). The van der Waals surface area contributed by atoms with Gasteiger partial charge < -0.3 is 19.7 Å². The quantitative estimate of drug-likeness (QED) is 0.221. The number of rotatable bonds is 16. The summed E-state index contributed by atoms with van der Waals surface area (Å²) in [6.07, 6.45) is 2.09. The van der Waals surface area contributed by atoms with Crippen molar-refractivity contribution in [2.75, 3.05) is 31.1 Å². The Labute approximate surface area is 255 Å². The molecule has 2 amide bonds. The predicted molar refractivity (Wildman–Crippen MR) is 169 cm³/mol. The van der Waals surface area contributed by atoms with Crippen molar-refractivity contribution in [1.29, 1.82) is 0 Å². The lowest BCUT2D eigenvalue weighted by Crippen LogP contribution is -2.52. The van der Waals surface area contributed by atoms with E-state index >= 15 is 0 Å². The molecule has 0 radical (unpaired) electrons. The first kappa shape index (κ1) is 33.5. The molecule has 0 saturated carbocycles. The van der Waals surface area contributed by atoms with Crippen LogP contribution >= 0.6 is 0 Å². The number of carbonyl (C=O) groups is 2. The van der Waals surface area contributed by atoms with Crippen molar-refractivity contribution >= 4 is 27.5 Å². The van der Waals surface area contributed by atoms with Crippen LogP contribution in [0, 0.1) is 6.92 Å². The van der Waals surface area contributed by atoms with E-state index in [1.807, 2.05) is 39.8 Å². The van der Waals surface area contributed by atoms with Crippen LogP contribution in [0.2, 0.25) is 0 Å². The van der Waals surface area contributed by atoms with Crippen LogP contribution in [0.3, 0.4) is 0 Å². The molecule has 1 unspecified atom stereocenters. The van der Waals surface area contributed by atoms with Crippen LogP contribution in [0.1, 0.15) is 51.2 Å². The van der Waals surface area contributed by atoms with Gasteiger partial charge in [0.05, 0.1) is 24.3 Å². The molecule has 0 bridgehead atoms. The van der Waals surface area contributed by atoms with Gasteiger partial charge in [-0.25, -0.2) is 8.42 Å². The first-order chi connectivity index (χ1) is 20.6. The van der Waals surface area contributed by atoms with E-state index in [9.17, 15) is 18.0 Å². The van der Waals surface area contributed by atoms with Crippen molar-refractivity contribution in [2.24, 2.45) is 0 Å². The molecule has 0 aromatic heterocycles. The van der Waals surface area contributed by atoms with Gasteiger partial charge >= 0.3 is 0 Å². The fourth-order valence-corrected chi connectivity index (χ4v) is 6.01. The van der Waals surface area contributed by atoms with Crippen LogP contribution in [0.5, 0.6) is 11.5 Å². The molecule has 1 N–H and O–H groups in total. The van der Waals surface area contributed by atoms with Gasteiger partial charge in [-0.3, -0.25) is 13.9 Å². The zero-order chi connectivity index (χ0) is 31.4. The van der Waals surface area contributed by atoms with E-state index in [0.717, 1.165) is 28.3 Å². The smallest absolute Gasteiger partial charge is 0.264 e. The second-order valence-corrected chi connectivity index (χ2v) is 12.1. The highest BCUT2D eigenvalue weighted by Crippen LogP contribution is 2.27. The predicted octanol–water partition coefficient (Wildman–Crippen LogP) is 5.32. The van der Waals surface area contributed by atoms with Crippen molar-refractivity contribution in [3.8, 4) is 11.5 Å². The Morgan fingerprint density at radius 1 is 0.884 bits per heavy atom. The molecule has 9 nitrogen and oxygen atoms in total. The number of carbonyl (C=O) groups excluding carboxylic acids is 2. The van der Waals surface area contributed by atoms with E-state index in [4.69, 9.17) is 9.47 Å². The minimum Gasteiger partial charge on any atom is -0.497 e. The van der Waals surface area contributed by atoms with E-state index in [1.54, 1.807) is 55.6 Å². The minimum atomic E-state index is -4.15. The second-order valence-electron chi connectivity index (χ2n) is 10.2. The van der Waals surface area contributed by atoms with E-state index in [2.05, 4.69) is 5.32 Å². The number of nitrogens with zero attached hydrogens (tertiary/aromatic N) is 2. The maximum Gasteiger partial charge on any atom is 0.264 e. The average Bonchev–Trinajstić information content (AvgIpc) is 3.01. The molecule has 0 fully saturated rings. The zero-order valence-corrected chi connectivity index (χ0v) is 26.5. The van der Waals surface area contributed by atoms with Crippen molar-refractivity contribution in [1.82, 2.24) is 10.2 Å². The number of sulfonamides is 1. The molecule has 10 heteroatoms. The van der Waals surface area contributed by atoms with Gasteiger partial charge in [-0.2, -0.15) is 0 Å². The minimum absolute atomic E-state index is 0.0610. The van der Waals surface area contributed by atoms with Gasteiger partial charge in [0.1, 0.15) is 24.1 Å². The van der Waals surface area contributed by atoms with Crippen molar-refractivity contribution < 1.29 is 27.5 Å². The maximum atomic E-state index is 14.2. The summed E-state index contributed by atoms with van der Waals surface area (Å²) in [6, 6.07) is 19.5. The highest BCUT2D eigenvalue weighted by molar-refractivity contribution is 7.92. The SMILES string of the molecule is CCCCNC(=O)C(CC)N(Cc1ccc(OC)cc1)C(=O)CN(c1ccc(OCC)cc1)S(=O)(=O)c1ccc(C)cc1. The van der Waals surface area contributed by atoms with Gasteiger partial charge in [0.15, 0.2) is 0 Å². The Balaban J connectivity index is 2.03. The number of unbranched alkanes of at least 4 members (excludes halogenated alkanes) is 1. The topological polar surface area (TPSA) is 105 Å². The number of benzene rings is 3. The molecule has 232 valence electrons. The fraction of sp³-hybridized carbons (Fsp3) is 0.394. The lowest BCUT2D eigenvalue weighted by molar-refractivity contribution is -0.140. The van der Waals surface area contributed by atoms with Crippen LogP contribution in [0.15, 0.2) is 77.7 Å². The highest BCUT2D eigenvalue weighted by Gasteiger charge is 2.33. The number of nitrogens with one attached hydrogen (secondary N) is 1. The van der Waals surface area contributed by atoms with E-state index in [0.29, 0.717) is 36.8 Å². The summed E-state index contributed by atoms with van der Waals surface area (Å²) in [4.78, 5) is 29.0. The first-order valence-electron chi connectivity index (χ1n) is 14.7. The van der Waals surface area contributed by atoms with Gasteiger partial charge in [0, 0.05) is 13.1 Å². The number of hydrogen-bond acceptors (Lipinski definition) is 6. The van der Waals surface area contributed by atoms with Gasteiger partial charge in [0.2, 0.25) is 11.8 Å². The summed E-state index contributed by atoms with van der Waals surface area (Å²) in [7, 11) is -2.58. The van der Waals surface area contributed by atoms with Gasteiger partial charge in [-0.15, -0.1) is 0 Å². The van der Waals surface area contributed by atoms with Gasteiger partial charge in [-0.05, 0) is 80.8 Å². The molecular formula is C33H43N3O6S. The molecular weight excluding hydrogens is 566 g/mol. The number of amides is 2. The van der Waals surface area contributed by atoms with Crippen LogP contribution in [-0.4, -0.2) is 58.0 Å². The monoisotopic (exact) mass is 609 g/mol. The fourth-order valence-electron chi connectivity index (χ4n) is 4.59. The molecule has 0 heterocycles. The molecule has 3 rings (SSSR count). The van der Waals surface area contributed by atoms with Crippen molar-refractivity contribution in [3.63, 3.8) is 0 Å². The second kappa shape index (κ2) is 16.0. The first-order valence-corrected chi connectivity index (χ1v) is 16.1. The van der Waals surface area contributed by atoms with Crippen LogP contribution < -0.4 is 19.1 Å². The molecule has 3 aromatic carbocycles. The molecule has 0 aliphatic heterocycles. The number of aryl methyl sites for hydroxylation is 1. The summed E-state index contributed by atoms with van der Waals surface area (Å²) in [5.41, 5.74) is 2.00. The summed E-state index contributed by atoms with van der Waals surface area (Å²) < 4.78 is 39.9. The van der Waals surface area contributed by atoms with E-state index in [1.165, 1.54) is 17.0 Å². The van der Waals surface area contributed by atoms with Gasteiger partial charge in [0.25, 0.3) is 10.0 Å². The van der Waals surface area contributed by atoms with Crippen LogP contribution in [0.25, 0.3) is 0 Å². The molecule has 3 aromatic rings.